The highest BCUT2D eigenvalue weighted by molar-refractivity contribution is 8.00. The Morgan fingerprint density at radius 3 is 3.00 bits per heavy atom. The molecule has 1 N–H and O–H groups in total. The molecule has 2 aliphatic rings. The van der Waals surface area contributed by atoms with Crippen molar-refractivity contribution in [3.05, 3.63) is 0 Å². The molecule has 0 aromatic carbocycles. The Balaban J connectivity index is 1.59. The van der Waals surface area contributed by atoms with E-state index >= 15 is 0 Å². The molecule has 0 aliphatic carbocycles. The van der Waals surface area contributed by atoms with Crippen molar-refractivity contribution in [2.75, 3.05) is 18.9 Å². The van der Waals surface area contributed by atoms with Gasteiger partial charge in [0.25, 0.3) is 0 Å². The SMILES string of the molecule is O=C(C[C@H]1CCCO1)NC[C@H]1CCCS1. The molecular formula is C11H19NO2S. The molecule has 2 atom stereocenters. The molecule has 0 aromatic rings. The summed E-state index contributed by atoms with van der Waals surface area (Å²) >= 11 is 1.98. The molecule has 1 amide bonds. The summed E-state index contributed by atoms with van der Waals surface area (Å²) in [6.45, 7) is 1.67. The predicted molar refractivity (Wildman–Crippen MR) is 62.1 cm³/mol. The molecular weight excluding hydrogens is 210 g/mol. The summed E-state index contributed by atoms with van der Waals surface area (Å²) in [6.07, 6.45) is 5.45. The molecule has 2 heterocycles. The van der Waals surface area contributed by atoms with Crippen LogP contribution < -0.4 is 5.32 Å². The first-order valence-corrected chi connectivity index (χ1v) is 6.89. The molecule has 0 aromatic heterocycles. The summed E-state index contributed by atoms with van der Waals surface area (Å²) in [6, 6.07) is 0. The first-order valence-electron chi connectivity index (χ1n) is 5.84. The number of carbonyl (C=O) groups excluding carboxylic acids is 1. The van der Waals surface area contributed by atoms with Crippen molar-refractivity contribution in [3.8, 4) is 0 Å². The van der Waals surface area contributed by atoms with Crippen molar-refractivity contribution in [1.82, 2.24) is 5.32 Å². The largest absolute Gasteiger partial charge is 0.378 e. The van der Waals surface area contributed by atoms with E-state index in [1.54, 1.807) is 0 Å². The molecule has 0 saturated carbocycles. The Bertz CT molecular complexity index is 211. The Kier molecular flexibility index (Phi) is 4.32. The zero-order valence-electron chi connectivity index (χ0n) is 9.04. The minimum atomic E-state index is 0.161. The van der Waals surface area contributed by atoms with E-state index in [-0.39, 0.29) is 12.0 Å². The summed E-state index contributed by atoms with van der Waals surface area (Å²) in [5, 5.41) is 3.66. The lowest BCUT2D eigenvalue weighted by atomic mass is 10.2. The Morgan fingerprint density at radius 1 is 1.40 bits per heavy atom. The van der Waals surface area contributed by atoms with Gasteiger partial charge >= 0.3 is 0 Å². The molecule has 0 radical (unpaired) electrons. The fourth-order valence-electron chi connectivity index (χ4n) is 2.12. The van der Waals surface area contributed by atoms with Gasteiger partial charge in [0.05, 0.1) is 12.5 Å². The molecule has 0 unspecified atom stereocenters. The molecule has 2 rings (SSSR count). The minimum Gasteiger partial charge on any atom is -0.378 e. The van der Waals surface area contributed by atoms with Crippen LogP contribution in [0, 0.1) is 0 Å². The van der Waals surface area contributed by atoms with Crippen LogP contribution in [0.5, 0.6) is 0 Å². The predicted octanol–water partition coefficient (Wildman–Crippen LogP) is 1.57. The average Bonchev–Trinajstić information content (AvgIpc) is 2.86. The number of thioether (sulfide) groups is 1. The van der Waals surface area contributed by atoms with E-state index < -0.39 is 0 Å². The van der Waals surface area contributed by atoms with Gasteiger partial charge in [-0.15, -0.1) is 0 Å². The molecule has 0 bridgehead atoms. The molecule has 15 heavy (non-hydrogen) atoms. The number of ether oxygens (including phenoxy) is 1. The van der Waals surface area contributed by atoms with Crippen LogP contribution in [0.3, 0.4) is 0 Å². The van der Waals surface area contributed by atoms with Gasteiger partial charge in [0.15, 0.2) is 0 Å². The van der Waals surface area contributed by atoms with E-state index in [2.05, 4.69) is 5.32 Å². The number of rotatable bonds is 4. The zero-order chi connectivity index (χ0) is 10.5. The molecule has 2 fully saturated rings. The summed E-state index contributed by atoms with van der Waals surface area (Å²) in [5.74, 6) is 1.42. The third-order valence-electron chi connectivity index (χ3n) is 2.99. The van der Waals surface area contributed by atoms with Crippen LogP contribution in [0.2, 0.25) is 0 Å². The summed E-state index contributed by atoms with van der Waals surface area (Å²) in [4.78, 5) is 11.6. The Labute approximate surface area is 95.3 Å². The van der Waals surface area contributed by atoms with Crippen molar-refractivity contribution in [3.63, 3.8) is 0 Å². The van der Waals surface area contributed by atoms with Crippen LogP contribution in [0.15, 0.2) is 0 Å². The molecule has 2 aliphatic heterocycles. The normalized spacial score (nSPS) is 30.7. The van der Waals surface area contributed by atoms with Crippen LogP contribution in [0.1, 0.15) is 32.1 Å². The zero-order valence-corrected chi connectivity index (χ0v) is 9.85. The van der Waals surface area contributed by atoms with Crippen molar-refractivity contribution in [2.45, 2.75) is 43.5 Å². The van der Waals surface area contributed by atoms with Gasteiger partial charge in [0.2, 0.25) is 5.91 Å². The van der Waals surface area contributed by atoms with Gasteiger partial charge in [-0.05, 0) is 31.4 Å². The molecule has 86 valence electrons. The first-order chi connectivity index (χ1) is 7.34. The fraction of sp³-hybridized carbons (Fsp3) is 0.909. The molecule has 0 spiro atoms. The van der Waals surface area contributed by atoms with Crippen molar-refractivity contribution >= 4 is 17.7 Å². The van der Waals surface area contributed by atoms with Gasteiger partial charge < -0.3 is 10.1 Å². The second-order valence-corrected chi connectivity index (χ2v) is 5.69. The highest BCUT2D eigenvalue weighted by Gasteiger charge is 2.20. The maximum atomic E-state index is 11.6. The smallest absolute Gasteiger partial charge is 0.222 e. The topological polar surface area (TPSA) is 38.3 Å². The number of nitrogens with one attached hydrogen (secondary N) is 1. The third-order valence-corrected chi connectivity index (χ3v) is 4.39. The minimum absolute atomic E-state index is 0.161. The van der Waals surface area contributed by atoms with Crippen molar-refractivity contribution in [2.24, 2.45) is 0 Å². The standard InChI is InChI=1S/C11H19NO2S/c13-11(7-9-3-1-5-14-9)12-8-10-4-2-6-15-10/h9-10H,1-8H2,(H,12,13)/t9-,10-/m1/s1. The highest BCUT2D eigenvalue weighted by atomic mass is 32.2. The van der Waals surface area contributed by atoms with E-state index in [0.717, 1.165) is 26.0 Å². The first kappa shape index (κ1) is 11.3. The summed E-state index contributed by atoms with van der Waals surface area (Å²) in [5.41, 5.74) is 0. The summed E-state index contributed by atoms with van der Waals surface area (Å²) < 4.78 is 5.43. The van der Waals surface area contributed by atoms with Crippen LogP contribution >= 0.6 is 11.8 Å². The van der Waals surface area contributed by atoms with Gasteiger partial charge in [-0.1, -0.05) is 0 Å². The second kappa shape index (κ2) is 5.75. The van der Waals surface area contributed by atoms with E-state index in [4.69, 9.17) is 4.74 Å². The monoisotopic (exact) mass is 229 g/mol. The number of hydrogen-bond donors (Lipinski definition) is 1. The van der Waals surface area contributed by atoms with E-state index in [9.17, 15) is 4.79 Å². The Hall–Kier alpha value is -0.220. The van der Waals surface area contributed by atoms with Gasteiger partial charge in [-0.2, -0.15) is 11.8 Å². The van der Waals surface area contributed by atoms with E-state index in [1.165, 1.54) is 18.6 Å². The number of carbonyl (C=O) groups is 1. The van der Waals surface area contributed by atoms with Crippen LogP contribution in [-0.2, 0) is 9.53 Å². The van der Waals surface area contributed by atoms with Gasteiger partial charge in [-0.25, -0.2) is 0 Å². The maximum Gasteiger partial charge on any atom is 0.222 e. The van der Waals surface area contributed by atoms with Crippen LogP contribution in [0.4, 0.5) is 0 Å². The average molecular weight is 229 g/mol. The van der Waals surface area contributed by atoms with E-state index in [0.29, 0.717) is 11.7 Å². The fourth-order valence-corrected chi connectivity index (χ4v) is 3.32. The quantitative estimate of drug-likeness (QED) is 0.795. The lowest BCUT2D eigenvalue weighted by Crippen LogP contribution is -2.32. The third kappa shape index (κ3) is 3.68. The Morgan fingerprint density at radius 2 is 2.33 bits per heavy atom. The lowest BCUT2D eigenvalue weighted by molar-refractivity contribution is -0.123. The maximum absolute atomic E-state index is 11.6. The second-order valence-electron chi connectivity index (χ2n) is 4.28. The molecule has 2 saturated heterocycles. The van der Waals surface area contributed by atoms with Crippen molar-refractivity contribution in [1.29, 1.82) is 0 Å². The van der Waals surface area contributed by atoms with Gasteiger partial charge in [0, 0.05) is 18.4 Å². The van der Waals surface area contributed by atoms with Crippen LogP contribution in [0.25, 0.3) is 0 Å². The summed E-state index contributed by atoms with van der Waals surface area (Å²) in [7, 11) is 0. The van der Waals surface area contributed by atoms with Crippen molar-refractivity contribution < 1.29 is 9.53 Å². The number of hydrogen-bond acceptors (Lipinski definition) is 3. The molecule has 3 nitrogen and oxygen atoms in total. The number of amides is 1. The van der Waals surface area contributed by atoms with Gasteiger partial charge in [-0.3, -0.25) is 4.79 Å². The molecule has 4 heteroatoms. The van der Waals surface area contributed by atoms with E-state index in [1.807, 2.05) is 11.8 Å². The highest BCUT2D eigenvalue weighted by Crippen LogP contribution is 2.25. The van der Waals surface area contributed by atoms with Crippen LogP contribution in [-0.4, -0.2) is 36.2 Å². The van der Waals surface area contributed by atoms with Gasteiger partial charge in [0.1, 0.15) is 0 Å². The lowest BCUT2D eigenvalue weighted by Gasteiger charge is -2.12.